The molecule has 0 atom stereocenters. The molecule has 33 heavy (non-hydrogen) atoms. The van der Waals surface area contributed by atoms with E-state index in [0.717, 1.165) is 23.9 Å². The minimum Gasteiger partial charge on any atom is -0.497 e. The van der Waals surface area contributed by atoms with Crippen LogP contribution in [0.25, 0.3) is 0 Å². The van der Waals surface area contributed by atoms with Crippen LogP contribution in [0.15, 0.2) is 71.6 Å². The number of ether oxygens (including phenoxy) is 1. The lowest BCUT2D eigenvalue weighted by atomic mass is 10.1. The van der Waals surface area contributed by atoms with E-state index in [0.29, 0.717) is 21.9 Å². The zero-order valence-electron chi connectivity index (χ0n) is 17.2. The van der Waals surface area contributed by atoms with E-state index in [1.165, 1.54) is 13.2 Å². The minimum absolute atomic E-state index is 0.0804. The van der Waals surface area contributed by atoms with Crippen LogP contribution >= 0.6 is 23.4 Å². The normalized spacial score (nSPS) is 11.1. The predicted octanol–water partition coefficient (Wildman–Crippen LogP) is 6.35. The summed E-state index contributed by atoms with van der Waals surface area (Å²) < 4.78 is 44.6. The van der Waals surface area contributed by atoms with Crippen LogP contribution in [0.4, 0.5) is 24.5 Å². The van der Waals surface area contributed by atoms with Gasteiger partial charge in [-0.1, -0.05) is 17.7 Å². The van der Waals surface area contributed by atoms with E-state index >= 15 is 0 Å². The Morgan fingerprint density at radius 2 is 1.73 bits per heavy atom. The second-order valence-corrected chi connectivity index (χ2v) is 8.22. The number of thioether (sulfide) groups is 1. The summed E-state index contributed by atoms with van der Waals surface area (Å²) in [5.74, 6) is -0.430. The molecule has 3 rings (SSSR count). The molecule has 172 valence electrons. The first-order valence-electron chi connectivity index (χ1n) is 9.50. The Kier molecular flexibility index (Phi) is 7.88. The number of anilines is 2. The van der Waals surface area contributed by atoms with E-state index in [4.69, 9.17) is 16.3 Å². The molecule has 0 aliphatic rings. The molecule has 0 aromatic heterocycles. The standard InChI is InChI=1S/C23H18ClF3N2O3S/c1-32-17-8-5-14(6-9-17)22(31)28-16-3-2-4-18(12-16)33-13-21(30)29-20-10-7-15(24)11-19(20)23(25,26)27/h2-12H,13H2,1H3,(H,28,31)(H,29,30). The highest BCUT2D eigenvalue weighted by atomic mass is 35.5. The fourth-order valence-electron chi connectivity index (χ4n) is 2.80. The molecule has 0 aliphatic carbocycles. The van der Waals surface area contributed by atoms with Crippen LogP contribution in [-0.4, -0.2) is 24.7 Å². The number of alkyl halides is 3. The molecule has 3 aromatic rings. The Balaban J connectivity index is 1.61. The number of amides is 2. The highest BCUT2D eigenvalue weighted by Gasteiger charge is 2.34. The molecule has 3 aromatic carbocycles. The fourth-order valence-corrected chi connectivity index (χ4v) is 3.73. The highest BCUT2D eigenvalue weighted by molar-refractivity contribution is 8.00. The van der Waals surface area contributed by atoms with Crippen molar-refractivity contribution in [1.82, 2.24) is 0 Å². The zero-order chi connectivity index (χ0) is 24.0. The number of rotatable bonds is 7. The van der Waals surface area contributed by atoms with Gasteiger partial charge >= 0.3 is 6.18 Å². The van der Waals surface area contributed by atoms with Crippen LogP contribution in [0.2, 0.25) is 5.02 Å². The van der Waals surface area contributed by atoms with Crippen LogP contribution in [0.5, 0.6) is 5.75 Å². The van der Waals surface area contributed by atoms with Crippen molar-refractivity contribution in [3.8, 4) is 5.75 Å². The van der Waals surface area contributed by atoms with E-state index in [-0.39, 0.29) is 22.4 Å². The first-order valence-corrected chi connectivity index (χ1v) is 10.9. The zero-order valence-corrected chi connectivity index (χ0v) is 18.8. The number of benzene rings is 3. The van der Waals surface area contributed by atoms with E-state index in [9.17, 15) is 22.8 Å². The van der Waals surface area contributed by atoms with Gasteiger partial charge in [-0.05, 0) is 60.7 Å². The largest absolute Gasteiger partial charge is 0.497 e. The van der Waals surface area contributed by atoms with Gasteiger partial charge in [-0.3, -0.25) is 9.59 Å². The Bertz CT molecular complexity index is 1150. The molecule has 0 heterocycles. The van der Waals surface area contributed by atoms with Crippen molar-refractivity contribution in [3.63, 3.8) is 0 Å². The number of methoxy groups -OCH3 is 1. The molecule has 0 saturated carbocycles. The maximum atomic E-state index is 13.2. The number of hydrogen-bond donors (Lipinski definition) is 2. The van der Waals surface area contributed by atoms with Crippen LogP contribution < -0.4 is 15.4 Å². The van der Waals surface area contributed by atoms with Gasteiger partial charge in [0.2, 0.25) is 5.91 Å². The van der Waals surface area contributed by atoms with Gasteiger partial charge in [-0.15, -0.1) is 11.8 Å². The molecule has 2 amide bonds. The highest BCUT2D eigenvalue weighted by Crippen LogP contribution is 2.36. The molecule has 10 heteroatoms. The lowest BCUT2D eigenvalue weighted by molar-refractivity contribution is -0.137. The Labute approximate surface area is 197 Å². The number of carbonyl (C=O) groups is 2. The predicted molar refractivity (Wildman–Crippen MR) is 123 cm³/mol. The molecular weight excluding hydrogens is 477 g/mol. The van der Waals surface area contributed by atoms with Gasteiger partial charge in [-0.25, -0.2) is 0 Å². The van der Waals surface area contributed by atoms with Crippen molar-refractivity contribution in [2.45, 2.75) is 11.1 Å². The second kappa shape index (κ2) is 10.6. The van der Waals surface area contributed by atoms with Gasteiger partial charge in [0.25, 0.3) is 5.91 Å². The lowest BCUT2D eigenvalue weighted by Gasteiger charge is -2.14. The van der Waals surface area contributed by atoms with Crippen LogP contribution in [0.3, 0.4) is 0 Å². The molecule has 0 radical (unpaired) electrons. The summed E-state index contributed by atoms with van der Waals surface area (Å²) in [5.41, 5.74) is -0.426. The maximum Gasteiger partial charge on any atom is 0.418 e. The van der Waals surface area contributed by atoms with Gasteiger partial charge in [0.15, 0.2) is 0 Å². The Hall–Kier alpha value is -3.17. The van der Waals surface area contributed by atoms with Crippen molar-refractivity contribution in [1.29, 1.82) is 0 Å². The average molecular weight is 495 g/mol. The third kappa shape index (κ3) is 6.90. The summed E-state index contributed by atoms with van der Waals surface area (Å²) in [7, 11) is 1.53. The topological polar surface area (TPSA) is 67.4 Å². The molecule has 0 saturated heterocycles. The van der Waals surface area contributed by atoms with Crippen molar-refractivity contribution in [2.24, 2.45) is 0 Å². The van der Waals surface area contributed by atoms with Crippen LogP contribution in [0, 0.1) is 0 Å². The van der Waals surface area contributed by atoms with Crippen molar-refractivity contribution < 1.29 is 27.5 Å². The van der Waals surface area contributed by atoms with Crippen molar-refractivity contribution in [3.05, 3.63) is 82.9 Å². The van der Waals surface area contributed by atoms with Gasteiger partial charge in [-0.2, -0.15) is 13.2 Å². The van der Waals surface area contributed by atoms with E-state index in [1.807, 2.05) is 0 Å². The number of carbonyl (C=O) groups excluding carboxylic acids is 2. The quantitative estimate of drug-likeness (QED) is 0.375. The SMILES string of the molecule is COc1ccc(C(=O)Nc2cccc(SCC(=O)Nc3ccc(Cl)cc3C(F)(F)F)c2)cc1. The van der Waals surface area contributed by atoms with Crippen molar-refractivity contribution >= 4 is 46.6 Å². The number of nitrogens with one attached hydrogen (secondary N) is 2. The van der Waals surface area contributed by atoms with Gasteiger partial charge in [0, 0.05) is 21.2 Å². The maximum absolute atomic E-state index is 13.2. The number of hydrogen-bond acceptors (Lipinski definition) is 4. The van der Waals surface area contributed by atoms with Gasteiger partial charge in [0.1, 0.15) is 5.75 Å². The smallest absolute Gasteiger partial charge is 0.418 e. The fraction of sp³-hybridized carbons (Fsp3) is 0.130. The molecule has 0 spiro atoms. The summed E-state index contributed by atoms with van der Waals surface area (Å²) in [6, 6.07) is 16.5. The summed E-state index contributed by atoms with van der Waals surface area (Å²) in [6.45, 7) is 0. The third-order valence-corrected chi connectivity index (χ3v) is 5.60. The van der Waals surface area contributed by atoms with E-state index < -0.39 is 17.6 Å². The van der Waals surface area contributed by atoms with Gasteiger partial charge < -0.3 is 15.4 Å². The van der Waals surface area contributed by atoms with Gasteiger partial charge in [0.05, 0.1) is 24.1 Å². The second-order valence-electron chi connectivity index (χ2n) is 6.73. The van der Waals surface area contributed by atoms with E-state index in [2.05, 4.69) is 10.6 Å². The first kappa shape index (κ1) is 24.5. The van der Waals surface area contributed by atoms with Crippen LogP contribution in [-0.2, 0) is 11.0 Å². The van der Waals surface area contributed by atoms with Crippen LogP contribution in [0.1, 0.15) is 15.9 Å². The van der Waals surface area contributed by atoms with E-state index in [1.54, 1.807) is 48.5 Å². The third-order valence-electron chi connectivity index (χ3n) is 4.38. The lowest BCUT2D eigenvalue weighted by Crippen LogP contribution is -2.18. The molecule has 0 bridgehead atoms. The summed E-state index contributed by atoms with van der Waals surface area (Å²) >= 11 is 6.77. The molecule has 2 N–H and O–H groups in total. The summed E-state index contributed by atoms with van der Waals surface area (Å²) in [6.07, 6.45) is -4.66. The Morgan fingerprint density at radius 1 is 1.00 bits per heavy atom. The molecule has 0 fully saturated rings. The molecule has 0 aliphatic heterocycles. The molecular formula is C23H18ClF3N2O3S. The summed E-state index contributed by atoms with van der Waals surface area (Å²) in [4.78, 5) is 25.3. The molecule has 5 nitrogen and oxygen atoms in total. The first-order chi connectivity index (χ1) is 15.7. The average Bonchev–Trinajstić information content (AvgIpc) is 2.78. The molecule has 0 unspecified atom stereocenters. The Morgan fingerprint density at radius 3 is 2.39 bits per heavy atom. The van der Waals surface area contributed by atoms with Crippen molar-refractivity contribution in [2.75, 3.05) is 23.5 Å². The monoisotopic (exact) mass is 494 g/mol. The number of halogens is 4. The summed E-state index contributed by atoms with van der Waals surface area (Å²) in [5, 5.41) is 4.96. The minimum atomic E-state index is -4.66.